The first kappa shape index (κ1) is 19.4. The van der Waals surface area contributed by atoms with E-state index in [0.29, 0.717) is 11.3 Å². The number of carbonyl (C=O) groups is 1. The predicted octanol–water partition coefficient (Wildman–Crippen LogP) is 4.22. The van der Waals surface area contributed by atoms with Crippen molar-refractivity contribution in [2.75, 3.05) is 43.6 Å². The quantitative estimate of drug-likeness (QED) is 0.684. The van der Waals surface area contributed by atoms with Crippen LogP contribution in [0.15, 0.2) is 47.8 Å². The number of anilines is 2. The number of thiazole rings is 1. The van der Waals surface area contributed by atoms with Gasteiger partial charge in [-0.3, -0.25) is 4.79 Å². The van der Waals surface area contributed by atoms with Crippen LogP contribution in [0, 0.1) is 6.92 Å². The molecule has 6 nitrogen and oxygen atoms in total. The Kier molecular flexibility index (Phi) is 5.78. The van der Waals surface area contributed by atoms with E-state index in [1.165, 1.54) is 0 Å². The lowest BCUT2D eigenvalue weighted by Crippen LogP contribution is -2.36. The summed E-state index contributed by atoms with van der Waals surface area (Å²) in [4.78, 5) is 19.5. The molecule has 0 unspecified atom stereocenters. The zero-order valence-corrected chi connectivity index (χ0v) is 17.3. The van der Waals surface area contributed by atoms with Gasteiger partial charge < -0.3 is 19.7 Å². The van der Waals surface area contributed by atoms with Crippen LogP contribution in [-0.2, 0) is 4.74 Å². The zero-order valence-electron chi connectivity index (χ0n) is 16.5. The molecule has 150 valence electrons. The molecule has 1 aliphatic rings. The largest absolute Gasteiger partial charge is 0.496 e. The number of hydrogen-bond acceptors (Lipinski definition) is 6. The number of amides is 1. The Morgan fingerprint density at radius 1 is 1.17 bits per heavy atom. The molecule has 3 aromatic rings. The highest BCUT2D eigenvalue weighted by Gasteiger charge is 2.15. The highest BCUT2D eigenvalue weighted by molar-refractivity contribution is 7.14. The fourth-order valence-corrected chi connectivity index (χ4v) is 4.07. The topological polar surface area (TPSA) is 63.7 Å². The van der Waals surface area contributed by atoms with Gasteiger partial charge in [-0.15, -0.1) is 11.3 Å². The normalized spacial score (nSPS) is 13.9. The molecule has 2 aromatic carbocycles. The van der Waals surface area contributed by atoms with Crippen molar-refractivity contribution >= 4 is 28.1 Å². The van der Waals surface area contributed by atoms with Crippen molar-refractivity contribution in [1.29, 1.82) is 0 Å². The summed E-state index contributed by atoms with van der Waals surface area (Å²) >= 11 is 1.65. The van der Waals surface area contributed by atoms with E-state index in [-0.39, 0.29) is 5.91 Å². The summed E-state index contributed by atoms with van der Waals surface area (Å²) in [6, 6.07) is 13.2. The Balaban J connectivity index is 1.44. The van der Waals surface area contributed by atoms with Gasteiger partial charge in [-0.05, 0) is 36.8 Å². The van der Waals surface area contributed by atoms with Crippen LogP contribution in [0.25, 0.3) is 11.3 Å². The Morgan fingerprint density at radius 3 is 2.66 bits per heavy atom. The van der Waals surface area contributed by atoms with Crippen molar-refractivity contribution in [3.8, 4) is 17.0 Å². The van der Waals surface area contributed by atoms with Crippen LogP contribution in [0.3, 0.4) is 0 Å². The van der Waals surface area contributed by atoms with E-state index in [0.717, 1.165) is 53.9 Å². The predicted molar refractivity (Wildman–Crippen MR) is 116 cm³/mol. The number of rotatable bonds is 5. The van der Waals surface area contributed by atoms with Crippen molar-refractivity contribution in [3.63, 3.8) is 0 Å². The maximum absolute atomic E-state index is 12.5. The Labute approximate surface area is 174 Å². The molecule has 1 amide bonds. The molecule has 0 bridgehead atoms. The SMILES string of the molecule is COc1cc(C(=O)Nc2ccc(-c3csc(N4CCOCC4)n3)cc2)ccc1C. The molecule has 2 heterocycles. The summed E-state index contributed by atoms with van der Waals surface area (Å²) in [5.41, 5.74) is 4.26. The van der Waals surface area contributed by atoms with E-state index < -0.39 is 0 Å². The molecule has 0 aliphatic carbocycles. The number of ether oxygens (including phenoxy) is 2. The first-order valence-electron chi connectivity index (χ1n) is 9.49. The third-order valence-electron chi connectivity index (χ3n) is 4.88. The van der Waals surface area contributed by atoms with Gasteiger partial charge in [0.15, 0.2) is 5.13 Å². The van der Waals surface area contributed by atoms with Gasteiger partial charge in [0, 0.05) is 35.3 Å². The van der Waals surface area contributed by atoms with Gasteiger partial charge in [0.2, 0.25) is 0 Å². The molecule has 1 aromatic heterocycles. The number of benzene rings is 2. The van der Waals surface area contributed by atoms with Crippen LogP contribution in [-0.4, -0.2) is 44.3 Å². The fraction of sp³-hybridized carbons (Fsp3) is 0.273. The van der Waals surface area contributed by atoms with Gasteiger partial charge in [-0.2, -0.15) is 0 Å². The molecule has 4 rings (SSSR count). The van der Waals surface area contributed by atoms with Gasteiger partial charge >= 0.3 is 0 Å². The minimum absolute atomic E-state index is 0.167. The van der Waals surface area contributed by atoms with Gasteiger partial charge in [0.25, 0.3) is 5.91 Å². The van der Waals surface area contributed by atoms with E-state index in [4.69, 9.17) is 14.5 Å². The number of carbonyl (C=O) groups excluding carboxylic acids is 1. The summed E-state index contributed by atoms with van der Waals surface area (Å²) < 4.78 is 10.7. The van der Waals surface area contributed by atoms with Gasteiger partial charge in [0.1, 0.15) is 5.75 Å². The first-order chi connectivity index (χ1) is 14.1. The molecular weight excluding hydrogens is 386 g/mol. The Hall–Kier alpha value is -2.90. The molecule has 1 aliphatic heterocycles. The van der Waals surface area contributed by atoms with Crippen molar-refractivity contribution in [3.05, 3.63) is 59.0 Å². The minimum Gasteiger partial charge on any atom is -0.496 e. The lowest BCUT2D eigenvalue weighted by molar-refractivity contribution is 0.102. The average Bonchev–Trinajstić information content (AvgIpc) is 3.25. The summed E-state index contributed by atoms with van der Waals surface area (Å²) in [6.45, 7) is 5.19. The monoisotopic (exact) mass is 409 g/mol. The second kappa shape index (κ2) is 8.63. The van der Waals surface area contributed by atoms with E-state index in [1.54, 1.807) is 30.6 Å². The van der Waals surface area contributed by atoms with Gasteiger partial charge in [0.05, 0.1) is 26.0 Å². The highest BCUT2D eigenvalue weighted by Crippen LogP contribution is 2.29. The Morgan fingerprint density at radius 2 is 1.93 bits per heavy atom. The lowest BCUT2D eigenvalue weighted by atomic mass is 10.1. The second-order valence-electron chi connectivity index (χ2n) is 6.83. The van der Waals surface area contributed by atoms with Crippen molar-refractivity contribution in [1.82, 2.24) is 4.98 Å². The van der Waals surface area contributed by atoms with Crippen LogP contribution >= 0.6 is 11.3 Å². The summed E-state index contributed by atoms with van der Waals surface area (Å²) in [5.74, 6) is 0.534. The van der Waals surface area contributed by atoms with E-state index >= 15 is 0 Å². The van der Waals surface area contributed by atoms with Crippen LogP contribution in [0.4, 0.5) is 10.8 Å². The smallest absolute Gasteiger partial charge is 0.255 e. The molecule has 29 heavy (non-hydrogen) atoms. The maximum atomic E-state index is 12.5. The number of hydrogen-bond donors (Lipinski definition) is 1. The lowest BCUT2D eigenvalue weighted by Gasteiger charge is -2.26. The van der Waals surface area contributed by atoms with Gasteiger partial charge in [-0.25, -0.2) is 4.98 Å². The van der Waals surface area contributed by atoms with E-state index in [2.05, 4.69) is 15.6 Å². The second-order valence-corrected chi connectivity index (χ2v) is 7.67. The molecule has 0 spiro atoms. The standard InChI is InChI=1S/C22H23N3O3S/c1-15-3-4-17(13-20(15)27-2)21(26)23-18-7-5-16(6-8-18)19-14-29-22(24-19)25-9-11-28-12-10-25/h3-8,13-14H,9-12H2,1-2H3,(H,23,26). The molecule has 7 heteroatoms. The van der Waals surface area contributed by atoms with Crippen molar-refractivity contribution in [2.24, 2.45) is 0 Å². The number of nitrogens with one attached hydrogen (secondary N) is 1. The van der Waals surface area contributed by atoms with Crippen LogP contribution in [0.5, 0.6) is 5.75 Å². The van der Waals surface area contributed by atoms with Crippen molar-refractivity contribution < 1.29 is 14.3 Å². The molecule has 1 saturated heterocycles. The number of aromatic nitrogens is 1. The van der Waals surface area contributed by atoms with E-state index in [1.807, 2.05) is 37.3 Å². The summed E-state index contributed by atoms with van der Waals surface area (Å²) in [7, 11) is 1.60. The zero-order chi connectivity index (χ0) is 20.2. The highest BCUT2D eigenvalue weighted by atomic mass is 32.1. The minimum atomic E-state index is -0.167. The maximum Gasteiger partial charge on any atom is 0.255 e. The first-order valence-corrected chi connectivity index (χ1v) is 10.4. The van der Waals surface area contributed by atoms with Crippen LogP contribution < -0.4 is 15.0 Å². The molecule has 0 atom stereocenters. The van der Waals surface area contributed by atoms with Crippen LogP contribution in [0.2, 0.25) is 0 Å². The molecule has 0 saturated carbocycles. The van der Waals surface area contributed by atoms with Gasteiger partial charge in [-0.1, -0.05) is 18.2 Å². The third kappa shape index (κ3) is 4.41. The van der Waals surface area contributed by atoms with E-state index in [9.17, 15) is 4.79 Å². The number of methoxy groups -OCH3 is 1. The van der Waals surface area contributed by atoms with Crippen LogP contribution in [0.1, 0.15) is 15.9 Å². The molecule has 1 N–H and O–H groups in total. The molecule has 0 radical (unpaired) electrons. The average molecular weight is 410 g/mol. The number of nitrogens with zero attached hydrogens (tertiary/aromatic N) is 2. The summed E-state index contributed by atoms with van der Waals surface area (Å²) in [5, 5.41) is 6.02. The number of aryl methyl sites for hydroxylation is 1. The van der Waals surface area contributed by atoms with Crippen molar-refractivity contribution in [2.45, 2.75) is 6.92 Å². The molecular formula is C22H23N3O3S. The molecule has 1 fully saturated rings. The fourth-order valence-electron chi connectivity index (χ4n) is 3.19. The number of morpholine rings is 1. The Bertz CT molecular complexity index is 995. The third-order valence-corrected chi connectivity index (χ3v) is 5.78. The summed E-state index contributed by atoms with van der Waals surface area (Å²) in [6.07, 6.45) is 0.